The minimum absolute atomic E-state index is 0.0488. The van der Waals surface area contributed by atoms with Crippen LogP contribution < -0.4 is 0 Å². The molecule has 0 amide bonds. The molecule has 6 heteroatoms. The lowest BCUT2D eigenvalue weighted by Crippen LogP contribution is -2.65. The highest BCUT2D eigenvalue weighted by Crippen LogP contribution is 2.76. The zero-order valence-corrected chi connectivity index (χ0v) is 17.6. The number of esters is 1. The summed E-state index contributed by atoms with van der Waals surface area (Å²) in [6.45, 7) is 4.21. The molecule has 6 nitrogen and oxygen atoms in total. The Labute approximate surface area is 176 Å². The van der Waals surface area contributed by atoms with Gasteiger partial charge >= 0.3 is 5.97 Å². The van der Waals surface area contributed by atoms with Gasteiger partial charge in [0, 0.05) is 24.2 Å². The van der Waals surface area contributed by atoms with E-state index in [1.807, 2.05) is 0 Å². The van der Waals surface area contributed by atoms with Gasteiger partial charge in [0.25, 0.3) is 0 Å². The van der Waals surface area contributed by atoms with E-state index < -0.39 is 28.5 Å². The summed E-state index contributed by atoms with van der Waals surface area (Å²) in [5, 5.41) is 21.9. The second-order valence-corrected chi connectivity index (χ2v) is 11.5. The predicted octanol–water partition coefficient (Wildman–Crippen LogP) is 2.57. The van der Waals surface area contributed by atoms with Crippen LogP contribution in [0.15, 0.2) is 0 Å². The van der Waals surface area contributed by atoms with Crippen molar-refractivity contribution < 1.29 is 24.2 Å². The molecule has 0 radical (unpaired) electrons. The smallest absolute Gasteiger partial charge is 0.306 e. The van der Waals surface area contributed by atoms with Crippen LogP contribution in [0.25, 0.3) is 0 Å². The van der Waals surface area contributed by atoms with E-state index in [0.717, 1.165) is 12.8 Å². The van der Waals surface area contributed by atoms with E-state index in [4.69, 9.17) is 4.74 Å². The average molecular weight is 411 g/mol. The van der Waals surface area contributed by atoms with Gasteiger partial charge in [0.15, 0.2) is 0 Å². The third kappa shape index (κ3) is 1.74. The summed E-state index contributed by atoms with van der Waals surface area (Å²) in [7, 11) is 0. The number of nitriles is 1. The monoisotopic (exact) mass is 411 g/mol. The number of rotatable bonds is 0. The van der Waals surface area contributed by atoms with Crippen LogP contribution in [-0.4, -0.2) is 34.3 Å². The molecule has 5 saturated carbocycles. The summed E-state index contributed by atoms with van der Waals surface area (Å²) in [4.78, 5) is 38.5. The second kappa shape index (κ2) is 5.35. The van der Waals surface area contributed by atoms with Crippen LogP contribution in [0.4, 0.5) is 0 Å². The fourth-order valence-corrected chi connectivity index (χ4v) is 9.73. The Morgan fingerprint density at radius 2 is 1.83 bits per heavy atom. The molecule has 160 valence electrons. The number of ketones is 2. The van der Waals surface area contributed by atoms with E-state index in [0.29, 0.717) is 38.5 Å². The number of aliphatic hydroxyl groups excluding tert-OH is 1. The molecule has 6 fully saturated rings. The molecule has 1 N–H and O–H groups in total. The number of carbonyl (C=O) groups excluding carboxylic acids is 3. The van der Waals surface area contributed by atoms with Crippen molar-refractivity contribution in [3.63, 3.8) is 0 Å². The van der Waals surface area contributed by atoms with Gasteiger partial charge in [-0.3, -0.25) is 14.4 Å². The molecule has 0 aromatic heterocycles. The Balaban J connectivity index is 1.52. The Hall–Kier alpha value is -1.74. The predicted molar refractivity (Wildman–Crippen MR) is 103 cm³/mol. The first-order chi connectivity index (χ1) is 14.1. The second-order valence-electron chi connectivity index (χ2n) is 11.5. The van der Waals surface area contributed by atoms with Gasteiger partial charge < -0.3 is 9.84 Å². The molecule has 6 rings (SSSR count). The van der Waals surface area contributed by atoms with Crippen LogP contribution in [0.1, 0.15) is 65.2 Å². The summed E-state index contributed by atoms with van der Waals surface area (Å²) >= 11 is 0. The Morgan fingerprint density at radius 1 is 1.07 bits per heavy atom. The maximum atomic E-state index is 13.6. The van der Waals surface area contributed by atoms with Gasteiger partial charge in [0.1, 0.15) is 17.2 Å². The van der Waals surface area contributed by atoms with Crippen molar-refractivity contribution in [3.8, 4) is 6.07 Å². The summed E-state index contributed by atoms with van der Waals surface area (Å²) < 4.78 is 5.94. The molecular formula is C24H29NO5. The highest BCUT2D eigenvalue weighted by atomic mass is 16.6. The molecule has 1 heterocycles. The van der Waals surface area contributed by atoms with Crippen molar-refractivity contribution in [1.29, 1.82) is 5.26 Å². The SMILES string of the molecule is CC12C[C@@H](O)C3C(C1CC[C@@]21CCC(=O)O1)[C@@H]1C[C@]2(C#N)C(C(=O)CCC32C)C1=O. The van der Waals surface area contributed by atoms with E-state index >= 15 is 0 Å². The summed E-state index contributed by atoms with van der Waals surface area (Å²) in [5.74, 6) is -1.52. The van der Waals surface area contributed by atoms with Crippen LogP contribution in [0, 0.1) is 57.2 Å². The molecule has 2 bridgehead atoms. The number of ether oxygens (including phenoxy) is 1. The minimum Gasteiger partial charge on any atom is -0.458 e. The van der Waals surface area contributed by atoms with Crippen LogP contribution in [0.2, 0.25) is 0 Å². The topological polar surface area (TPSA) is 104 Å². The van der Waals surface area contributed by atoms with Crippen molar-refractivity contribution in [3.05, 3.63) is 0 Å². The van der Waals surface area contributed by atoms with Gasteiger partial charge in [0.05, 0.1) is 23.5 Å². The molecule has 6 aliphatic rings. The molecule has 10 atom stereocenters. The highest BCUT2D eigenvalue weighted by Gasteiger charge is 2.79. The first kappa shape index (κ1) is 19.0. The molecule has 1 saturated heterocycles. The fraction of sp³-hybridized carbons (Fsp3) is 0.833. The standard InChI is InChI=1S/C24H29NO5/c1-21-6-4-14(26)19-20(29)12(9-23(19,21)11-25)17-13-3-7-24(8-5-16(28)30-24)22(13,2)10-15(27)18(17)21/h12-13,15,17-19,27H,3-10H2,1-2H3/t12-,13?,15+,17?,18?,19?,21?,22?,23-,24+/m0/s1. The number of Topliss-reactive ketones (excluding diaryl/α,β-unsaturated/α-hetero) is 2. The third-order valence-electron chi connectivity index (χ3n) is 11.0. The Bertz CT molecular complexity index is 938. The van der Waals surface area contributed by atoms with E-state index in [9.17, 15) is 24.8 Å². The molecule has 30 heavy (non-hydrogen) atoms. The van der Waals surface area contributed by atoms with Crippen molar-refractivity contribution in [2.24, 2.45) is 45.8 Å². The molecule has 0 aromatic rings. The summed E-state index contributed by atoms with van der Waals surface area (Å²) in [5.41, 5.74) is -2.44. The zero-order chi connectivity index (χ0) is 21.3. The number of nitrogens with zero attached hydrogens (tertiary/aromatic N) is 1. The number of fused-ring (bicyclic) bond motifs is 7. The summed E-state index contributed by atoms with van der Waals surface area (Å²) in [6, 6.07) is 2.47. The molecule has 1 spiro atoms. The van der Waals surface area contributed by atoms with Gasteiger partial charge in [-0.2, -0.15) is 5.26 Å². The largest absolute Gasteiger partial charge is 0.458 e. The van der Waals surface area contributed by atoms with Gasteiger partial charge in [0.2, 0.25) is 0 Å². The fourth-order valence-electron chi connectivity index (χ4n) is 9.73. The molecule has 0 aromatic carbocycles. The van der Waals surface area contributed by atoms with Crippen molar-refractivity contribution in [1.82, 2.24) is 0 Å². The number of carbonyl (C=O) groups is 3. The molecular weight excluding hydrogens is 382 g/mol. The van der Waals surface area contributed by atoms with Gasteiger partial charge in [-0.25, -0.2) is 0 Å². The molecule has 6 unspecified atom stereocenters. The maximum absolute atomic E-state index is 13.6. The quantitative estimate of drug-likeness (QED) is 0.485. The molecule has 5 aliphatic carbocycles. The maximum Gasteiger partial charge on any atom is 0.306 e. The Morgan fingerprint density at radius 3 is 2.50 bits per heavy atom. The first-order valence-corrected chi connectivity index (χ1v) is 11.5. The number of hydrogen-bond acceptors (Lipinski definition) is 6. The third-order valence-corrected chi connectivity index (χ3v) is 11.0. The van der Waals surface area contributed by atoms with Gasteiger partial charge in [-0.15, -0.1) is 0 Å². The van der Waals surface area contributed by atoms with Crippen LogP contribution in [0.3, 0.4) is 0 Å². The van der Waals surface area contributed by atoms with E-state index in [1.165, 1.54) is 0 Å². The van der Waals surface area contributed by atoms with Gasteiger partial charge in [-0.1, -0.05) is 13.8 Å². The molecule has 1 aliphatic heterocycles. The number of hydrogen-bond donors (Lipinski definition) is 1. The van der Waals surface area contributed by atoms with E-state index in [1.54, 1.807) is 0 Å². The van der Waals surface area contributed by atoms with Gasteiger partial charge in [-0.05, 0) is 61.7 Å². The Kier molecular flexibility index (Phi) is 3.39. The normalized spacial score (nSPS) is 58.4. The van der Waals surface area contributed by atoms with Crippen molar-refractivity contribution in [2.45, 2.75) is 76.9 Å². The minimum atomic E-state index is -0.976. The van der Waals surface area contributed by atoms with Crippen molar-refractivity contribution in [2.75, 3.05) is 0 Å². The average Bonchev–Trinajstić information content (AvgIpc) is 3.31. The number of aliphatic hydroxyl groups is 1. The zero-order valence-electron chi connectivity index (χ0n) is 17.6. The lowest BCUT2D eigenvalue weighted by Gasteiger charge is -2.64. The van der Waals surface area contributed by atoms with E-state index in [2.05, 4.69) is 19.9 Å². The lowest BCUT2D eigenvalue weighted by atomic mass is 9.39. The van der Waals surface area contributed by atoms with Crippen LogP contribution in [0.5, 0.6) is 0 Å². The van der Waals surface area contributed by atoms with Crippen LogP contribution in [-0.2, 0) is 19.1 Å². The van der Waals surface area contributed by atoms with E-state index in [-0.39, 0.29) is 46.6 Å². The first-order valence-electron chi connectivity index (χ1n) is 11.5. The highest BCUT2D eigenvalue weighted by molar-refractivity contribution is 6.07. The summed E-state index contributed by atoms with van der Waals surface area (Å²) in [6.07, 6.45) is 3.95. The lowest BCUT2D eigenvalue weighted by molar-refractivity contribution is -0.213. The van der Waals surface area contributed by atoms with Crippen LogP contribution >= 0.6 is 0 Å². The van der Waals surface area contributed by atoms with Crippen molar-refractivity contribution >= 4 is 17.5 Å².